The summed E-state index contributed by atoms with van der Waals surface area (Å²) in [7, 11) is 0. The second-order valence-electron chi connectivity index (χ2n) is 5.63. The summed E-state index contributed by atoms with van der Waals surface area (Å²) in [6.45, 7) is 11.7. The van der Waals surface area contributed by atoms with Gasteiger partial charge in [0.25, 0.3) is 0 Å². The summed E-state index contributed by atoms with van der Waals surface area (Å²) < 4.78 is 11.8. The average Bonchev–Trinajstić information content (AvgIpc) is 2.57. The van der Waals surface area contributed by atoms with Crippen molar-refractivity contribution < 1.29 is 14.3 Å². The predicted octanol–water partition coefficient (Wildman–Crippen LogP) is 3.78. The first-order chi connectivity index (χ1) is 11.2. The number of ether oxygens (including phenoxy) is 2. The molecule has 0 aromatic heterocycles. The molecule has 1 aliphatic rings. The first-order valence-corrected chi connectivity index (χ1v) is 8.87. The molecule has 0 radical (unpaired) electrons. The molecule has 1 unspecified atom stereocenters. The van der Waals surface area contributed by atoms with E-state index in [9.17, 15) is 5.53 Å². The Bertz CT molecular complexity index is 461. The van der Waals surface area contributed by atoms with Gasteiger partial charge in [0.2, 0.25) is 5.76 Å². The molecule has 0 fully saturated rings. The lowest BCUT2D eigenvalue weighted by atomic mass is 10.0. The van der Waals surface area contributed by atoms with Gasteiger partial charge in [-0.25, -0.2) is 0 Å². The average molecular weight is 321 g/mol. The van der Waals surface area contributed by atoms with E-state index in [2.05, 4.69) is 37.4 Å². The number of unbranched alkanes of at least 4 members (excludes halogenated alkanes) is 2. The third kappa shape index (κ3) is 5.85. The molecule has 0 heterocycles. The molecule has 5 heteroatoms. The van der Waals surface area contributed by atoms with Gasteiger partial charge in [-0.05, 0) is 32.0 Å². The Labute approximate surface area is 140 Å². The third-order valence-corrected chi connectivity index (χ3v) is 3.97. The summed E-state index contributed by atoms with van der Waals surface area (Å²) >= 11 is 0. The van der Waals surface area contributed by atoms with Gasteiger partial charge in [0.15, 0.2) is 0 Å². The molecule has 0 aliphatic heterocycles. The molecule has 1 aliphatic carbocycles. The molecule has 0 saturated heterocycles. The quantitative estimate of drug-likeness (QED) is 0.330. The van der Waals surface area contributed by atoms with Gasteiger partial charge in [-0.3, -0.25) is 4.90 Å². The minimum absolute atomic E-state index is 0.0315. The van der Waals surface area contributed by atoms with Gasteiger partial charge in [-0.2, -0.15) is 4.79 Å². The number of likely N-dealkylation sites (N-methyl/N-ethyl adjacent to an activating group) is 1. The molecule has 0 spiro atoms. The highest BCUT2D eigenvalue weighted by molar-refractivity contribution is 6.04. The Morgan fingerprint density at radius 2 is 1.65 bits per heavy atom. The maximum absolute atomic E-state index is 9.30. The molecule has 0 saturated carbocycles. The van der Waals surface area contributed by atoms with Crippen LogP contribution in [0.4, 0.5) is 0 Å². The van der Waals surface area contributed by atoms with Gasteiger partial charge >= 0.3 is 5.71 Å². The van der Waals surface area contributed by atoms with Gasteiger partial charge in [0.05, 0.1) is 25.3 Å². The van der Waals surface area contributed by atoms with E-state index in [-0.39, 0.29) is 6.04 Å². The fourth-order valence-corrected chi connectivity index (χ4v) is 2.49. The van der Waals surface area contributed by atoms with Crippen LogP contribution in [0.5, 0.6) is 0 Å². The normalized spacial score (nSPS) is 17.6. The topological polar surface area (TPSA) is 58.1 Å². The van der Waals surface area contributed by atoms with E-state index in [4.69, 9.17) is 9.47 Å². The maximum Gasteiger partial charge on any atom is 0.359 e. The van der Waals surface area contributed by atoms with Gasteiger partial charge in [-0.1, -0.05) is 40.5 Å². The second-order valence-corrected chi connectivity index (χ2v) is 5.63. The molecule has 0 N–H and O–H groups in total. The number of allylic oxidation sites excluding steroid dienone is 1. The van der Waals surface area contributed by atoms with Gasteiger partial charge in [0.1, 0.15) is 5.76 Å². The minimum atomic E-state index is 0.0315. The van der Waals surface area contributed by atoms with Crippen LogP contribution < -0.4 is 0 Å². The number of hydrogen-bond acceptors (Lipinski definition) is 3. The molecule has 0 amide bonds. The van der Waals surface area contributed by atoms with Crippen LogP contribution in [0.25, 0.3) is 5.53 Å². The molecular formula is C18H31N3O2. The Morgan fingerprint density at radius 3 is 2.17 bits per heavy atom. The maximum atomic E-state index is 9.30. The first-order valence-electron chi connectivity index (χ1n) is 8.87. The summed E-state index contributed by atoms with van der Waals surface area (Å²) in [6, 6.07) is 0.0315. The van der Waals surface area contributed by atoms with E-state index in [1.807, 2.05) is 6.08 Å². The lowest BCUT2D eigenvalue weighted by Crippen LogP contribution is -2.38. The summed E-state index contributed by atoms with van der Waals surface area (Å²) in [4.78, 5) is 5.68. The first kappa shape index (κ1) is 19.5. The lowest BCUT2D eigenvalue weighted by Gasteiger charge is -2.31. The monoisotopic (exact) mass is 321 g/mol. The van der Waals surface area contributed by atoms with E-state index in [1.54, 1.807) is 6.08 Å². The van der Waals surface area contributed by atoms with Gasteiger partial charge < -0.3 is 15.0 Å². The summed E-state index contributed by atoms with van der Waals surface area (Å²) in [5.41, 5.74) is 9.74. The van der Waals surface area contributed by atoms with E-state index in [0.717, 1.165) is 44.5 Å². The summed E-state index contributed by atoms with van der Waals surface area (Å²) in [6.07, 6.45) is 7.97. The van der Waals surface area contributed by atoms with Crippen LogP contribution in [0.1, 0.15) is 53.4 Å². The van der Waals surface area contributed by atoms with Crippen molar-refractivity contribution >= 4 is 5.71 Å². The van der Waals surface area contributed by atoms with Crippen LogP contribution in [0, 0.1) is 0 Å². The van der Waals surface area contributed by atoms with Crippen molar-refractivity contribution in [1.82, 2.24) is 4.90 Å². The molecule has 0 aromatic rings. The van der Waals surface area contributed by atoms with Crippen LogP contribution in [-0.4, -0.2) is 47.7 Å². The van der Waals surface area contributed by atoms with Crippen molar-refractivity contribution in [2.75, 3.05) is 26.3 Å². The highest BCUT2D eigenvalue weighted by Crippen LogP contribution is 2.23. The fourth-order valence-electron chi connectivity index (χ4n) is 2.49. The van der Waals surface area contributed by atoms with E-state index < -0.39 is 0 Å². The highest BCUT2D eigenvalue weighted by Gasteiger charge is 2.31. The molecule has 0 bridgehead atoms. The fraction of sp³-hybridized carbons (Fsp3) is 0.722. The SMILES string of the molecule is CCCCOC1=CC(N(CC)CC)C(OCCCC)=CC1=[N+]=[N-]. The van der Waals surface area contributed by atoms with Crippen LogP contribution in [-0.2, 0) is 9.47 Å². The molecule has 0 aromatic carbocycles. The molecular weight excluding hydrogens is 290 g/mol. The van der Waals surface area contributed by atoms with E-state index in [0.29, 0.717) is 24.7 Å². The Morgan fingerprint density at radius 1 is 1.04 bits per heavy atom. The van der Waals surface area contributed by atoms with Crippen molar-refractivity contribution in [3.63, 3.8) is 0 Å². The molecule has 130 valence electrons. The van der Waals surface area contributed by atoms with E-state index in [1.165, 1.54) is 0 Å². The number of hydrogen-bond donors (Lipinski definition) is 0. The summed E-state index contributed by atoms with van der Waals surface area (Å²) in [5.74, 6) is 1.47. The highest BCUT2D eigenvalue weighted by atomic mass is 16.5. The minimum Gasteiger partial charge on any atom is -0.496 e. The lowest BCUT2D eigenvalue weighted by molar-refractivity contribution is -0.00925. The number of rotatable bonds is 11. The van der Waals surface area contributed by atoms with Crippen molar-refractivity contribution in [2.45, 2.75) is 59.4 Å². The van der Waals surface area contributed by atoms with Gasteiger partial charge in [0, 0.05) is 0 Å². The second kappa shape index (κ2) is 11.0. The van der Waals surface area contributed by atoms with Gasteiger partial charge in [-0.15, -0.1) is 0 Å². The van der Waals surface area contributed by atoms with E-state index >= 15 is 0 Å². The van der Waals surface area contributed by atoms with Crippen LogP contribution in [0.3, 0.4) is 0 Å². The zero-order chi connectivity index (χ0) is 17.1. The van der Waals surface area contributed by atoms with Crippen LogP contribution >= 0.6 is 0 Å². The summed E-state index contributed by atoms with van der Waals surface area (Å²) in [5, 5.41) is 0. The predicted molar refractivity (Wildman–Crippen MR) is 93.2 cm³/mol. The third-order valence-electron chi connectivity index (χ3n) is 3.97. The standard InChI is InChI=1S/C18H31N3O2/c1-5-9-11-22-17-14-16(21(7-3)8-4)18(13-15(17)20-19)23-12-10-6-2/h13-14,16H,5-12H2,1-4H3. The zero-order valence-electron chi connectivity index (χ0n) is 15.0. The molecule has 5 nitrogen and oxygen atoms in total. The largest absolute Gasteiger partial charge is 0.496 e. The molecule has 1 rings (SSSR count). The van der Waals surface area contributed by atoms with Crippen molar-refractivity contribution in [2.24, 2.45) is 0 Å². The van der Waals surface area contributed by atoms with Crippen LogP contribution in [0.15, 0.2) is 23.7 Å². The van der Waals surface area contributed by atoms with Crippen molar-refractivity contribution in [3.8, 4) is 0 Å². The Kier molecular flexibility index (Phi) is 9.34. The molecule has 1 atom stereocenters. The van der Waals surface area contributed by atoms with Crippen molar-refractivity contribution in [3.05, 3.63) is 29.2 Å². The van der Waals surface area contributed by atoms with Crippen molar-refractivity contribution in [1.29, 1.82) is 0 Å². The van der Waals surface area contributed by atoms with Crippen LogP contribution in [0.2, 0.25) is 0 Å². The molecule has 23 heavy (non-hydrogen) atoms. The Hall–Kier alpha value is -1.58. The zero-order valence-corrected chi connectivity index (χ0v) is 15.0. The Balaban J connectivity index is 2.97. The smallest absolute Gasteiger partial charge is 0.359 e. The number of nitrogens with zero attached hydrogens (tertiary/aromatic N) is 3.